The molecule has 1 spiro atoms. The number of ether oxygens (including phenoxy) is 4. The maximum absolute atomic E-state index is 13.0. The van der Waals surface area contributed by atoms with Crippen molar-refractivity contribution in [3.05, 3.63) is 48.0 Å². The van der Waals surface area contributed by atoms with Crippen molar-refractivity contribution >= 4 is 29.2 Å². The zero-order valence-corrected chi connectivity index (χ0v) is 30.9. The number of nitrogens with zero attached hydrogens (tertiary/aromatic N) is 1. The molecule has 2 amide bonds. The predicted octanol–water partition coefficient (Wildman–Crippen LogP) is 8.50. The Morgan fingerprint density at radius 3 is 2.40 bits per heavy atom. The fraction of sp³-hybridized carbons (Fsp3) is 0.615. The highest BCUT2D eigenvalue weighted by Gasteiger charge is 2.49. The van der Waals surface area contributed by atoms with Gasteiger partial charge >= 0.3 is 6.09 Å². The smallest absolute Gasteiger partial charge is 0.408 e. The predicted molar refractivity (Wildman–Crippen MR) is 193 cm³/mol. The zero-order valence-electron chi connectivity index (χ0n) is 30.9. The third-order valence-electron chi connectivity index (χ3n) is 8.47. The Bertz CT molecular complexity index is 1350. The second-order valence-electron chi connectivity index (χ2n) is 13.5. The van der Waals surface area contributed by atoms with Crippen molar-refractivity contribution in [1.29, 1.82) is 0 Å². The first-order valence-corrected chi connectivity index (χ1v) is 17.6. The van der Waals surface area contributed by atoms with Crippen LogP contribution in [-0.2, 0) is 25.5 Å². The SMILES string of the molecule is C=CCCCCC.CC.COC=O.COc1ccc2cc(C3CC3)c3c(c2c1)CC[C@]1(C[C@@H](C)N(C(=O)CNC(=O)OC(C)(C)C)C1)O3. The maximum Gasteiger partial charge on any atom is 0.408 e. The minimum Gasteiger partial charge on any atom is -0.497 e. The lowest BCUT2D eigenvalue weighted by atomic mass is 9.85. The van der Waals surface area contributed by atoms with Crippen LogP contribution in [0.25, 0.3) is 10.8 Å². The molecule has 3 aliphatic rings. The van der Waals surface area contributed by atoms with Crippen molar-refractivity contribution < 1.29 is 33.3 Å². The van der Waals surface area contributed by atoms with Crippen molar-refractivity contribution in [2.45, 2.75) is 129 Å². The molecule has 2 aromatic carbocycles. The molecular weight excluding hydrogens is 608 g/mol. The summed E-state index contributed by atoms with van der Waals surface area (Å²) in [6, 6.07) is 8.59. The number of nitrogens with one attached hydrogen (secondary N) is 1. The highest BCUT2D eigenvalue weighted by Crippen LogP contribution is 2.52. The molecule has 9 nitrogen and oxygen atoms in total. The molecule has 1 saturated carbocycles. The van der Waals surface area contributed by atoms with Gasteiger partial charge in [0.2, 0.25) is 5.91 Å². The Hall–Kier alpha value is -3.75. The number of fused-ring (bicyclic) bond motifs is 3. The summed E-state index contributed by atoms with van der Waals surface area (Å²) in [5, 5.41) is 5.03. The molecule has 0 radical (unpaired) electrons. The van der Waals surface area contributed by atoms with Gasteiger partial charge in [0.05, 0.1) is 20.8 Å². The van der Waals surface area contributed by atoms with Crippen LogP contribution >= 0.6 is 0 Å². The van der Waals surface area contributed by atoms with E-state index < -0.39 is 17.3 Å². The van der Waals surface area contributed by atoms with Crippen LogP contribution in [0, 0.1) is 0 Å². The van der Waals surface area contributed by atoms with E-state index in [-0.39, 0.29) is 18.5 Å². The van der Waals surface area contributed by atoms with Crippen LogP contribution in [0.4, 0.5) is 4.79 Å². The summed E-state index contributed by atoms with van der Waals surface area (Å²) in [7, 11) is 3.01. The summed E-state index contributed by atoms with van der Waals surface area (Å²) in [6.07, 6.45) is 11.5. The summed E-state index contributed by atoms with van der Waals surface area (Å²) < 4.78 is 21.5. The van der Waals surface area contributed by atoms with Gasteiger partial charge in [-0.2, -0.15) is 0 Å². The lowest BCUT2D eigenvalue weighted by Gasteiger charge is -2.37. The van der Waals surface area contributed by atoms with E-state index in [4.69, 9.17) is 19.0 Å². The number of rotatable bonds is 9. The van der Waals surface area contributed by atoms with E-state index in [1.165, 1.54) is 67.5 Å². The van der Waals surface area contributed by atoms with Crippen LogP contribution in [0.15, 0.2) is 36.9 Å². The number of likely N-dealkylation sites (tertiary alicyclic amines) is 1. The Morgan fingerprint density at radius 2 is 1.83 bits per heavy atom. The number of hydrogen-bond donors (Lipinski definition) is 1. The summed E-state index contributed by atoms with van der Waals surface area (Å²) in [6.45, 7) is 18.1. The first-order valence-electron chi connectivity index (χ1n) is 17.6. The van der Waals surface area contributed by atoms with Gasteiger partial charge in [0, 0.05) is 18.0 Å². The van der Waals surface area contributed by atoms with Gasteiger partial charge in [0.25, 0.3) is 6.47 Å². The van der Waals surface area contributed by atoms with Crippen LogP contribution in [0.1, 0.15) is 117 Å². The summed E-state index contributed by atoms with van der Waals surface area (Å²) >= 11 is 0. The van der Waals surface area contributed by atoms with Crippen molar-refractivity contribution in [2.24, 2.45) is 0 Å². The molecule has 2 fully saturated rings. The van der Waals surface area contributed by atoms with Gasteiger partial charge in [-0.05, 0) is 107 Å². The topological polar surface area (TPSA) is 103 Å². The van der Waals surface area contributed by atoms with Gasteiger partial charge in [-0.25, -0.2) is 4.79 Å². The average molecular weight is 669 g/mol. The molecule has 0 unspecified atom stereocenters. The normalized spacial score (nSPS) is 19.1. The number of benzene rings is 2. The number of carbonyl (C=O) groups excluding carboxylic acids is 3. The van der Waals surface area contributed by atoms with E-state index >= 15 is 0 Å². The molecule has 9 heteroatoms. The van der Waals surface area contributed by atoms with E-state index in [1.807, 2.05) is 30.9 Å². The molecule has 1 aliphatic carbocycles. The molecule has 5 rings (SSSR count). The average Bonchev–Trinajstić information content (AvgIpc) is 3.87. The van der Waals surface area contributed by atoms with Gasteiger partial charge in [-0.1, -0.05) is 45.8 Å². The lowest BCUT2D eigenvalue weighted by molar-refractivity contribution is -0.131. The molecule has 1 saturated heterocycles. The fourth-order valence-electron chi connectivity index (χ4n) is 6.14. The van der Waals surface area contributed by atoms with Gasteiger partial charge in [-0.15, -0.1) is 6.58 Å². The van der Waals surface area contributed by atoms with Crippen molar-refractivity contribution in [3.8, 4) is 11.5 Å². The van der Waals surface area contributed by atoms with Crippen molar-refractivity contribution in [3.63, 3.8) is 0 Å². The molecule has 2 atom stereocenters. The van der Waals surface area contributed by atoms with Gasteiger partial charge in [-0.3, -0.25) is 9.59 Å². The molecule has 2 aliphatic heterocycles. The number of aryl methyl sites for hydroxylation is 1. The van der Waals surface area contributed by atoms with E-state index in [1.54, 1.807) is 27.9 Å². The maximum atomic E-state index is 13.0. The van der Waals surface area contributed by atoms with Crippen LogP contribution in [0.3, 0.4) is 0 Å². The highest BCUT2D eigenvalue weighted by atomic mass is 16.6. The minimum atomic E-state index is -0.602. The molecule has 0 bridgehead atoms. The molecule has 48 heavy (non-hydrogen) atoms. The minimum absolute atomic E-state index is 0.0365. The van der Waals surface area contributed by atoms with Crippen molar-refractivity contribution in [2.75, 3.05) is 27.3 Å². The Labute approximate surface area is 288 Å². The van der Waals surface area contributed by atoms with E-state index in [0.717, 1.165) is 30.8 Å². The monoisotopic (exact) mass is 668 g/mol. The lowest BCUT2D eigenvalue weighted by Crippen LogP contribution is -2.46. The molecule has 268 valence electrons. The second-order valence-corrected chi connectivity index (χ2v) is 13.5. The van der Waals surface area contributed by atoms with E-state index in [9.17, 15) is 9.59 Å². The third-order valence-corrected chi connectivity index (χ3v) is 8.47. The molecule has 2 aromatic rings. The first kappa shape index (κ1) is 40.4. The number of alkyl carbamates (subject to hydrolysis) is 1. The summed E-state index contributed by atoms with van der Waals surface area (Å²) in [5.74, 6) is 2.32. The summed E-state index contributed by atoms with van der Waals surface area (Å²) in [4.78, 5) is 35.8. The number of methoxy groups -OCH3 is 2. The van der Waals surface area contributed by atoms with E-state index in [2.05, 4.69) is 48.7 Å². The number of unbranched alkanes of at least 4 members (excludes halogenated alkanes) is 3. The van der Waals surface area contributed by atoms with Crippen LogP contribution < -0.4 is 14.8 Å². The van der Waals surface area contributed by atoms with Gasteiger partial charge in [0.15, 0.2) is 0 Å². The Kier molecular flexibility index (Phi) is 16.3. The Morgan fingerprint density at radius 1 is 1.15 bits per heavy atom. The van der Waals surface area contributed by atoms with E-state index in [0.29, 0.717) is 18.9 Å². The summed E-state index contributed by atoms with van der Waals surface area (Å²) in [5.41, 5.74) is 1.57. The first-order chi connectivity index (χ1) is 22.9. The van der Waals surface area contributed by atoms with Gasteiger partial charge in [0.1, 0.15) is 29.2 Å². The quantitative estimate of drug-likeness (QED) is 0.162. The fourth-order valence-corrected chi connectivity index (χ4v) is 6.14. The third kappa shape index (κ3) is 11.7. The number of carbonyl (C=O) groups is 3. The van der Waals surface area contributed by atoms with Gasteiger partial charge < -0.3 is 29.2 Å². The zero-order chi connectivity index (χ0) is 35.9. The Balaban J connectivity index is 0.000000529. The molecular formula is C39H60N2O7. The largest absolute Gasteiger partial charge is 0.497 e. The number of hydrogen-bond acceptors (Lipinski definition) is 7. The number of allylic oxidation sites excluding steroid dienone is 1. The number of amides is 2. The second kappa shape index (κ2) is 19.3. The molecule has 2 heterocycles. The van der Waals surface area contributed by atoms with Crippen LogP contribution in [0.2, 0.25) is 0 Å². The molecule has 0 aromatic heterocycles. The van der Waals surface area contributed by atoms with Crippen LogP contribution in [-0.4, -0.2) is 67.9 Å². The van der Waals surface area contributed by atoms with Crippen molar-refractivity contribution in [1.82, 2.24) is 10.2 Å². The highest BCUT2D eigenvalue weighted by molar-refractivity contribution is 5.91. The molecule has 1 N–H and O–H groups in total. The standard InChI is InChI=1S/C28H36N2O5.C7H14.C2H4O2.C2H6/c1-17-14-28(16-30(17)24(31)15-29-26(32)35-27(2,3)4)11-10-21-22-13-20(33-5)9-8-19(22)12-23(18-6-7-18)25(21)34-28;1-3-5-7-6-4-2;1-4-2-3;1-2/h8-9,12-13,17-18H,6-7,10-11,14-16H2,1-5H3,(H,29,32);3H,1,4-7H2,2H3;2H,1H3;1-2H3/t17-,28-;;;/m1.../s1. The van der Waals surface area contributed by atoms with Crippen LogP contribution in [0.5, 0.6) is 11.5 Å².